The zero-order valence-electron chi connectivity index (χ0n) is 7.38. The highest BCUT2D eigenvalue weighted by Crippen LogP contribution is 2.22. The molecule has 0 bridgehead atoms. The third kappa shape index (κ3) is 4.04. The molecule has 1 fully saturated rings. The summed E-state index contributed by atoms with van der Waals surface area (Å²) >= 11 is 0. The topological polar surface area (TPSA) is 83.8 Å². The Balaban J connectivity index is 2.51. The minimum Gasteiger partial charge on any atom is -0.393 e. The Morgan fingerprint density at radius 2 is 1.62 bits per heavy atom. The number of hydrogen-bond acceptors (Lipinski definition) is 5. The maximum Gasteiger partial charge on any atom is 0.264 e. The first-order valence-corrected chi connectivity index (χ1v) is 5.93. The van der Waals surface area contributed by atoms with E-state index in [2.05, 4.69) is 4.18 Å². The third-order valence-corrected chi connectivity index (χ3v) is 2.55. The van der Waals surface area contributed by atoms with Gasteiger partial charge in [0.15, 0.2) is 0 Å². The van der Waals surface area contributed by atoms with Gasteiger partial charge in [-0.05, 0) is 6.42 Å². The molecule has 0 aromatic carbocycles. The minimum absolute atomic E-state index is 0.268. The van der Waals surface area contributed by atoms with Crippen LogP contribution in [0.15, 0.2) is 0 Å². The van der Waals surface area contributed by atoms with Crippen molar-refractivity contribution in [3.8, 4) is 0 Å². The van der Waals surface area contributed by atoms with Gasteiger partial charge in [0.2, 0.25) is 0 Å². The molecule has 0 spiro atoms. The molecule has 1 saturated carbocycles. The van der Waals surface area contributed by atoms with E-state index in [0.717, 1.165) is 6.26 Å². The predicted molar refractivity (Wildman–Crippen MR) is 45.6 cm³/mol. The summed E-state index contributed by atoms with van der Waals surface area (Å²) in [4.78, 5) is 0. The predicted octanol–water partition coefficient (Wildman–Crippen LogP) is -0.763. The Morgan fingerprint density at radius 1 is 1.15 bits per heavy atom. The highest BCUT2D eigenvalue weighted by molar-refractivity contribution is 7.86. The van der Waals surface area contributed by atoms with Crippen LogP contribution in [0.2, 0.25) is 0 Å². The van der Waals surface area contributed by atoms with Gasteiger partial charge in [-0.3, -0.25) is 4.18 Å². The average Bonchev–Trinajstić information content (AvgIpc) is 1.78. The summed E-state index contributed by atoms with van der Waals surface area (Å²) in [6.45, 7) is 0. The second-order valence-electron chi connectivity index (χ2n) is 3.44. The standard InChI is InChI=1S/C7H14O5S/c1-13(10,11)12-7-3-5(8)2-6(9)4-7/h5-9H,2-4H2,1H3/t5-,6+,7-. The second kappa shape index (κ2) is 3.91. The summed E-state index contributed by atoms with van der Waals surface area (Å²) in [5.41, 5.74) is 0. The molecule has 0 radical (unpaired) electrons. The van der Waals surface area contributed by atoms with Crippen molar-refractivity contribution in [2.45, 2.75) is 37.6 Å². The molecule has 1 aliphatic rings. The van der Waals surface area contributed by atoms with Crippen molar-refractivity contribution in [3.63, 3.8) is 0 Å². The van der Waals surface area contributed by atoms with Crippen molar-refractivity contribution >= 4 is 10.1 Å². The molecule has 1 aliphatic carbocycles. The van der Waals surface area contributed by atoms with Crippen LogP contribution < -0.4 is 0 Å². The molecule has 0 aromatic heterocycles. The second-order valence-corrected chi connectivity index (χ2v) is 5.04. The summed E-state index contributed by atoms with van der Waals surface area (Å²) in [6.07, 6.45) is -0.141. The lowest BCUT2D eigenvalue weighted by atomic mass is 9.93. The van der Waals surface area contributed by atoms with Crippen LogP contribution in [0.3, 0.4) is 0 Å². The normalized spacial score (nSPS) is 36.1. The first-order chi connectivity index (χ1) is 5.87. The first kappa shape index (κ1) is 10.9. The average molecular weight is 210 g/mol. The Hall–Kier alpha value is -0.170. The molecule has 0 unspecified atom stereocenters. The van der Waals surface area contributed by atoms with Gasteiger partial charge >= 0.3 is 0 Å². The van der Waals surface area contributed by atoms with Gasteiger partial charge in [0.25, 0.3) is 10.1 Å². The fourth-order valence-electron chi connectivity index (χ4n) is 1.54. The number of rotatable bonds is 2. The molecule has 3 atom stereocenters. The van der Waals surface area contributed by atoms with Gasteiger partial charge in [-0.25, -0.2) is 0 Å². The third-order valence-electron chi connectivity index (χ3n) is 1.92. The summed E-state index contributed by atoms with van der Waals surface area (Å²) in [5, 5.41) is 18.4. The fourth-order valence-corrected chi connectivity index (χ4v) is 2.19. The first-order valence-electron chi connectivity index (χ1n) is 4.11. The van der Waals surface area contributed by atoms with Crippen molar-refractivity contribution < 1.29 is 22.8 Å². The number of aliphatic hydroxyl groups is 2. The van der Waals surface area contributed by atoms with Crippen LogP contribution in [-0.4, -0.2) is 43.2 Å². The molecule has 0 aliphatic heterocycles. The summed E-state index contributed by atoms with van der Waals surface area (Å²) in [6, 6.07) is 0. The van der Waals surface area contributed by atoms with E-state index in [1.54, 1.807) is 0 Å². The highest BCUT2D eigenvalue weighted by Gasteiger charge is 2.29. The van der Waals surface area contributed by atoms with Gasteiger partial charge in [-0.15, -0.1) is 0 Å². The van der Waals surface area contributed by atoms with E-state index >= 15 is 0 Å². The summed E-state index contributed by atoms with van der Waals surface area (Å²) < 4.78 is 26.1. The van der Waals surface area contributed by atoms with E-state index in [9.17, 15) is 18.6 Å². The fraction of sp³-hybridized carbons (Fsp3) is 1.00. The van der Waals surface area contributed by atoms with Crippen LogP contribution in [0.25, 0.3) is 0 Å². The maximum absolute atomic E-state index is 10.7. The lowest BCUT2D eigenvalue weighted by Crippen LogP contribution is -2.35. The van der Waals surface area contributed by atoms with E-state index in [-0.39, 0.29) is 12.8 Å². The Bertz CT molecular complexity index is 250. The van der Waals surface area contributed by atoms with Crippen LogP contribution in [0, 0.1) is 0 Å². The lowest BCUT2D eigenvalue weighted by Gasteiger charge is -2.28. The zero-order chi connectivity index (χ0) is 10.1. The molecular formula is C7H14O5S. The zero-order valence-corrected chi connectivity index (χ0v) is 8.20. The molecule has 0 saturated heterocycles. The monoisotopic (exact) mass is 210 g/mol. The lowest BCUT2D eigenvalue weighted by molar-refractivity contribution is -0.0129. The quantitative estimate of drug-likeness (QED) is 0.585. The van der Waals surface area contributed by atoms with E-state index in [1.165, 1.54) is 0 Å². The molecular weight excluding hydrogens is 196 g/mol. The molecule has 0 heterocycles. The molecule has 0 amide bonds. The van der Waals surface area contributed by atoms with E-state index < -0.39 is 28.4 Å². The van der Waals surface area contributed by atoms with Crippen LogP contribution in [0.1, 0.15) is 19.3 Å². The Morgan fingerprint density at radius 3 is 2.00 bits per heavy atom. The molecule has 2 N–H and O–H groups in total. The van der Waals surface area contributed by atoms with E-state index in [1.807, 2.05) is 0 Å². The highest BCUT2D eigenvalue weighted by atomic mass is 32.2. The van der Waals surface area contributed by atoms with Gasteiger partial charge in [0.1, 0.15) is 0 Å². The van der Waals surface area contributed by atoms with Crippen molar-refractivity contribution in [1.29, 1.82) is 0 Å². The number of aliphatic hydroxyl groups excluding tert-OH is 2. The summed E-state index contributed by atoms with van der Waals surface area (Å²) in [5.74, 6) is 0. The molecule has 13 heavy (non-hydrogen) atoms. The Kier molecular flexibility index (Phi) is 3.28. The molecule has 6 heteroatoms. The molecule has 5 nitrogen and oxygen atoms in total. The van der Waals surface area contributed by atoms with Gasteiger partial charge in [-0.1, -0.05) is 0 Å². The van der Waals surface area contributed by atoms with Crippen molar-refractivity contribution in [1.82, 2.24) is 0 Å². The largest absolute Gasteiger partial charge is 0.393 e. The van der Waals surface area contributed by atoms with Crippen LogP contribution in [-0.2, 0) is 14.3 Å². The van der Waals surface area contributed by atoms with E-state index in [4.69, 9.17) is 0 Å². The Labute approximate surface area is 77.5 Å². The van der Waals surface area contributed by atoms with Crippen molar-refractivity contribution in [3.05, 3.63) is 0 Å². The van der Waals surface area contributed by atoms with Gasteiger partial charge < -0.3 is 10.2 Å². The van der Waals surface area contributed by atoms with Gasteiger partial charge in [0.05, 0.1) is 24.6 Å². The number of hydrogen-bond donors (Lipinski definition) is 2. The van der Waals surface area contributed by atoms with Crippen LogP contribution in [0.4, 0.5) is 0 Å². The SMILES string of the molecule is CS(=O)(=O)O[C@@H]1C[C@H](O)C[C@H](O)C1. The van der Waals surface area contributed by atoms with Crippen molar-refractivity contribution in [2.24, 2.45) is 0 Å². The van der Waals surface area contributed by atoms with Gasteiger partial charge in [-0.2, -0.15) is 8.42 Å². The minimum atomic E-state index is -3.49. The van der Waals surface area contributed by atoms with Gasteiger partial charge in [0, 0.05) is 12.8 Å². The van der Waals surface area contributed by atoms with Crippen LogP contribution >= 0.6 is 0 Å². The molecule has 0 aromatic rings. The summed E-state index contributed by atoms with van der Waals surface area (Å²) in [7, 11) is -3.49. The van der Waals surface area contributed by atoms with Crippen LogP contribution in [0.5, 0.6) is 0 Å². The van der Waals surface area contributed by atoms with Crippen molar-refractivity contribution in [2.75, 3.05) is 6.26 Å². The molecule has 78 valence electrons. The molecule has 1 rings (SSSR count). The maximum atomic E-state index is 10.7. The smallest absolute Gasteiger partial charge is 0.264 e. The van der Waals surface area contributed by atoms with E-state index in [0.29, 0.717) is 6.42 Å².